The number of hydrogen-bond acceptors (Lipinski definition) is 1. The van der Waals surface area contributed by atoms with Crippen molar-refractivity contribution in [1.82, 2.24) is 0 Å². The Morgan fingerprint density at radius 3 is 2.11 bits per heavy atom. The van der Waals surface area contributed by atoms with Crippen LogP contribution in [-0.2, 0) is 6.54 Å². The van der Waals surface area contributed by atoms with Crippen molar-refractivity contribution in [3.8, 4) is 0 Å². The quantitative estimate of drug-likeness (QED) is 0.642. The predicted octanol–water partition coefficient (Wildman–Crippen LogP) is 6.13. The van der Waals surface area contributed by atoms with Gasteiger partial charge in [-0.05, 0) is 67.8 Å². The van der Waals surface area contributed by atoms with E-state index in [0.29, 0.717) is 10.0 Å². The van der Waals surface area contributed by atoms with E-state index in [1.54, 1.807) is 0 Å². The van der Waals surface area contributed by atoms with Gasteiger partial charge in [-0.3, -0.25) is 0 Å². The lowest BCUT2D eigenvalue weighted by molar-refractivity contribution is 1.15. The van der Waals surface area contributed by atoms with E-state index in [9.17, 15) is 0 Å². The first-order chi connectivity index (χ1) is 8.56. The second kappa shape index (κ2) is 6.29. The van der Waals surface area contributed by atoms with Crippen molar-refractivity contribution in [2.45, 2.75) is 6.54 Å². The van der Waals surface area contributed by atoms with Gasteiger partial charge in [0.15, 0.2) is 0 Å². The van der Waals surface area contributed by atoms with Crippen LogP contribution in [0.25, 0.3) is 0 Å². The van der Waals surface area contributed by atoms with Gasteiger partial charge in [-0.2, -0.15) is 0 Å². The Kier molecular flexibility index (Phi) is 4.96. The van der Waals surface area contributed by atoms with Crippen molar-refractivity contribution >= 4 is 60.7 Å². The predicted molar refractivity (Wildman–Crippen MR) is 85.6 cm³/mol. The third-order valence-corrected chi connectivity index (χ3v) is 4.83. The summed E-state index contributed by atoms with van der Waals surface area (Å²) >= 11 is 18.7. The van der Waals surface area contributed by atoms with Crippen LogP contribution in [0.5, 0.6) is 0 Å². The first-order valence-corrected chi connectivity index (χ1v) is 7.53. The van der Waals surface area contributed by atoms with E-state index >= 15 is 0 Å². The Morgan fingerprint density at radius 2 is 1.50 bits per heavy atom. The summed E-state index contributed by atoms with van der Waals surface area (Å²) in [6, 6.07) is 11.6. The van der Waals surface area contributed by atoms with Crippen LogP contribution in [0.15, 0.2) is 45.3 Å². The van der Waals surface area contributed by atoms with Crippen LogP contribution in [-0.4, -0.2) is 0 Å². The highest BCUT2D eigenvalue weighted by molar-refractivity contribution is 9.10. The highest BCUT2D eigenvalue weighted by atomic mass is 79.9. The molecule has 0 bridgehead atoms. The minimum absolute atomic E-state index is 0.704. The number of benzene rings is 2. The molecule has 2 aromatic carbocycles. The van der Waals surface area contributed by atoms with E-state index in [1.807, 2.05) is 36.4 Å². The molecule has 0 aliphatic carbocycles. The van der Waals surface area contributed by atoms with Gasteiger partial charge in [0, 0.05) is 21.2 Å². The summed E-state index contributed by atoms with van der Waals surface area (Å²) in [6.07, 6.45) is 0. The molecule has 0 saturated heterocycles. The molecule has 0 aliphatic rings. The summed E-state index contributed by atoms with van der Waals surface area (Å²) in [5.74, 6) is 0. The zero-order chi connectivity index (χ0) is 13.1. The molecule has 5 heteroatoms. The standard InChI is InChI=1S/C13H9Br2Cl2N/c14-10-5-8(1-3-12(10)16)7-18-9-2-4-13(17)11(15)6-9/h1-6,18H,7H2. The van der Waals surface area contributed by atoms with Gasteiger partial charge in [0.2, 0.25) is 0 Å². The van der Waals surface area contributed by atoms with E-state index < -0.39 is 0 Å². The number of hydrogen-bond donors (Lipinski definition) is 1. The third kappa shape index (κ3) is 3.64. The lowest BCUT2D eigenvalue weighted by Crippen LogP contribution is -1.99. The first-order valence-electron chi connectivity index (χ1n) is 5.19. The van der Waals surface area contributed by atoms with Crippen molar-refractivity contribution in [1.29, 1.82) is 0 Å². The van der Waals surface area contributed by atoms with Crippen LogP contribution in [0.3, 0.4) is 0 Å². The molecule has 0 aliphatic heterocycles. The molecule has 0 spiro atoms. The molecule has 0 atom stereocenters. The third-order valence-electron chi connectivity index (χ3n) is 2.40. The van der Waals surface area contributed by atoms with Gasteiger partial charge in [0.05, 0.1) is 10.0 Å². The van der Waals surface area contributed by atoms with Gasteiger partial charge in [-0.15, -0.1) is 0 Å². The molecular formula is C13H9Br2Cl2N. The second-order valence-corrected chi connectivity index (χ2v) is 6.25. The van der Waals surface area contributed by atoms with Crippen LogP contribution < -0.4 is 5.32 Å². The largest absolute Gasteiger partial charge is 0.381 e. The average Bonchev–Trinajstić information content (AvgIpc) is 2.35. The number of nitrogens with one attached hydrogen (secondary N) is 1. The van der Waals surface area contributed by atoms with Crippen molar-refractivity contribution in [2.24, 2.45) is 0 Å². The molecule has 94 valence electrons. The van der Waals surface area contributed by atoms with Gasteiger partial charge >= 0.3 is 0 Å². The minimum atomic E-state index is 0.704. The van der Waals surface area contributed by atoms with E-state index in [1.165, 1.54) is 0 Å². The Labute approximate surface area is 133 Å². The Bertz CT molecular complexity index is 521. The Hall–Kier alpha value is -0.220. The number of halogens is 4. The summed E-state index contributed by atoms with van der Waals surface area (Å²) in [7, 11) is 0. The molecule has 1 N–H and O–H groups in total. The van der Waals surface area contributed by atoms with Gasteiger partial charge in [0.1, 0.15) is 0 Å². The van der Waals surface area contributed by atoms with Gasteiger partial charge < -0.3 is 5.32 Å². The van der Waals surface area contributed by atoms with Crippen molar-refractivity contribution < 1.29 is 0 Å². The lowest BCUT2D eigenvalue weighted by atomic mass is 10.2. The van der Waals surface area contributed by atoms with Crippen LogP contribution in [0.4, 0.5) is 5.69 Å². The molecule has 1 nitrogen and oxygen atoms in total. The molecule has 0 amide bonds. The SMILES string of the molecule is Clc1ccc(CNc2ccc(Cl)c(Br)c2)cc1Br. The molecule has 0 heterocycles. The molecule has 2 rings (SSSR count). The molecular weight excluding hydrogens is 401 g/mol. The van der Waals surface area contributed by atoms with Crippen LogP contribution >= 0.6 is 55.1 Å². The maximum Gasteiger partial charge on any atom is 0.0549 e. The lowest BCUT2D eigenvalue weighted by Gasteiger charge is -2.08. The highest BCUT2D eigenvalue weighted by Crippen LogP contribution is 2.27. The fraction of sp³-hybridized carbons (Fsp3) is 0.0769. The fourth-order valence-corrected chi connectivity index (χ4v) is 2.50. The van der Waals surface area contributed by atoms with Crippen molar-refractivity contribution in [2.75, 3.05) is 5.32 Å². The normalized spacial score (nSPS) is 10.4. The number of rotatable bonds is 3. The maximum atomic E-state index is 5.95. The highest BCUT2D eigenvalue weighted by Gasteiger charge is 2.01. The maximum absolute atomic E-state index is 5.95. The summed E-state index contributed by atoms with van der Waals surface area (Å²) in [5.41, 5.74) is 2.16. The summed E-state index contributed by atoms with van der Waals surface area (Å²) in [4.78, 5) is 0. The molecule has 18 heavy (non-hydrogen) atoms. The van der Waals surface area contributed by atoms with Gasteiger partial charge in [0.25, 0.3) is 0 Å². The Balaban J connectivity index is 2.06. The van der Waals surface area contributed by atoms with E-state index in [2.05, 4.69) is 37.2 Å². The molecule has 2 aromatic rings. The van der Waals surface area contributed by atoms with Gasteiger partial charge in [-0.25, -0.2) is 0 Å². The van der Waals surface area contributed by atoms with Crippen LogP contribution in [0.1, 0.15) is 5.56 Å². The fourth-order valence-electron chi connectivity index (χ4n) is 1.46. The smallest absolute Gasteiger partial charge is 0.0549 e. The molecule has 0 saturated carbocycles. The van der Waals surface area contributed by atoms with Crippen LogP contribution in [0.2, 0.25) is 10.0 Å². The number of anilines is 1. The van der Waals surface area contributed by atoms with E-state index in [4.69, 9.17) is 23.2 Å². The zero-order valence-electron chi connectivity index (χ0n) is 9.18. The monoisotopic (exact) mass is 407 g/mol. The molecule has 0 unspecified atom stereocenters. The first kappa shape index (κ1) is 14.2. The van der Waals surface area contributed by atoms with Crippen molar-refractivity contribution in [3.63, 3.8) is 0 Å². The topological polar surface area (TPSA) is 12.0 Å². The molecule has 0 aromatic heterocycles. The minimum Gasteiger partial charge on any atom is -0.381 e. The second-order valence-electron chi connectivity index (χ2n) is 3.73. The zero-order valence-corrected chi connectivity index (χ0v) is 13.9. The summed E-state index contributed by atoms with van der Waals surface area (Å²) < 4.78 is 1.78. The van der Waals surface area contributed by atoms with E-state index in [0.717, 1.165) is 26.7 Å². The van der Waals surface area contributed by atoms with Crippen molar-refractivity contribution in [3.05, 3.63) is 61.0 Å². The molecule has 0 radical (unpaired) electrons. The summed E-state index contributed by atoms with van der Waals surface area (Å²) in [5, 5.41) is 4.74. The van der Waals surface area contributed by atoms with E-state index in [-0.39, 0.29) is 0 Å². The molecule has 0 fully saturated rings. The average molecular weight is 410 g/mol. The Morgan fingerprint density at radius 1 is 0.889 bits per heavy atom. The summed E-state index contributed by atoms with van der Waals surface area (Å²) in [6.45, 7) is 0.726. The van der Waals surface area contributed by atoms with Crippen LogP contribution in [0, 0.1) is 0 Å². The van der Waals surface area contributed by atoms with Gasteiger partial charge in [-0.1, -0.05) is 29.3 Å².